The van der Waals surface area contributed by atoms with Crippen molar-refractivity contribution in [1.82, 2.24) is 0 Å². The Hall–Kier alpha value is -1.79. The fourth-order valence-electron chi connectivity index (χ4n) is 9.91. The van der Waals surface area contributed by atoms with E-state index in [1.54, 1.807) is 11.1 Å². The van der Waals surface area contributed by atoms with Crippen LogP contribution in [0.3, 0.4) is 0 Å². The van der Waals surface area contributed by atoms with Crippen LogP contribution in [0.5, 0.6) is 0 Å². The second-order valence-electron chi connectivity index (χ2n) is 19.6. The summed E-state index contributed by atoms with van der Waals surface area (Å²) in [6.45, 7) is 22.2. The van der Waals surface area contributed by atoms with Crippen LogP contribution in [0.1, 0.15) is 89.2 Å². The quantitative estimate of drug-likeness (QED) is 0.0847. The van der Waals surface area contributed by atoms with Crippen LogP contribution in [0, 0.1) is 25.7 Å². The second kappa shape index (κ2) is 23.2. The maximum atomic E-state index is 3.06. The minimum absolute atomic E-state index is 0. The molecule has 0 aromatic heterocycles. The Morgan fingerprint density at radius 2 is 0.867 bits per heavy atom. The van der Waals surface area contributed by atoms with E-state index >= 15 is 0 Å². The molecule has 2 saturated carbocycles. The Balaban J connectivity index is 0.000000373. The first-order valence-electron chi connectivity index (χ1n) is 21.6. The van der Waals surface area contributed by atoms with Crippen LogP contribution in [-0.2, 0) is 36.2 Å². The number of hydrogen-bond acceptors (Lipinski definition) is 0. The van der Waals surface area contributed by atoms with Crippen LogP contribution in [-0.4, -0.2) is 23.0 Å². The van der Waals surface area contributed by atoms with Crippen molar-refractivity contribution < 1.29 is 23.3 Å². The van der Waals surface area contributed by atoms with Crippen molar-refractivity contribution in [2.75, 3.05) is 0 Å². The Morgan fingerprint density at radius 3 is 1.13 bits per heavy atom. The summed E-state index contributed by atoms with van der Waals surface area (Å²) < 4.78 is 0. The number of halogens is 2. The third-order valence-electron chi connectivity index (χ3n) is 13.3. The zero-order valence-electron chi connectivity index (χ0n) is 38.7. The molecule has 2 aliphatic rings. The molecule has 6 aromatic carbocycles. The predicted molar refractivity (Wildman–Crippen MR) is 279 cm³/mol. The van der Waals surface area contributed by atoms with Crippen molar-refractivity contribution in [3.05, 3.63) is 135 Å². The third kappa shape index (κ3) is 12.7. The molecule has 2 radical (unpaired) electrons. The van der Waals surface area contributed by atoms with Crippen molar-refractivity contribution in [1.29, 1.82) is 0 Å². The molecule has 0 heterocycles. The Bertz CT molecular complexity index is 2030. The first kappa shape index (κ1) is 54.3. The summed E-state index contributed by atoms with van der Waals surface area (Å²) in [5.74, 6) is 0. The first-order valence-corrected chi connectivity index (χ1v) is 32.8. The fraction of sp³-hybridized carbons (Fsp3) is 0.407. The van der Waals surface area contributed by atoms with E-state index in [1.165, 1.54) is 155 Å². The molecule has 0 atom stereocenters. The Labute approximate surface area is 398 Å². The van der Waals surface area contributed by atoms with E-state index in [0.29, 0.717) is 10.8 Å². The Morgan fingerprint density at radius 1 is 0.533 bits per heavy atom. The van der Waals surface area contributed by atoms with Crippen LogP contribution in [0.2, 0.25) is 39.3 Å². The average Bonchev–Trinajstić information content (AvgIpc) is 3.77. The zero-order chi connectivity index (χ0) is 40.1. The van der Waals surface area contributed by atoms with Gasteiger partial charge in [-0.15, -0.1) is 93.9 Å². The van der Waals surface area contributed by atoms with E-state index in [4.69, 9.17) is 0 Å². The number of rotatable bonds is 12. The minimum atomic E-state index is -1.24. The Kier molecular flexibility index (Phi) is 21.0. The predicted octanol–water partition coefficient (Wildman–Crippen LogP) is 15.9. The van der Waals surface area contributed by atoms with E-state index in [-0.39, 0.29) is 39.7 Å². The van der Waals surface area contributed by atoms with Gasteiger partial charge in [0.15, 0.2) is 0 Å². The normalized spacial score (nSPS) is 14.8. The van der Waals surface area contributed by atoms with Crippen molar-refractivity contribution in [2.24, 2.45) is 10.8 Å². The van der Waals surface area contributed by atoms with Crippen molar-refractivity contribution >= 4 is 79.8 Å². The van der Waals surface area contributed by atoms with Gasteiger partial charge in [0.2, 0.25) is 0 Å². The number of fused-ring (bicyclic) bond motifs is 2. The molecule has 2 fully saturated rings. The molecule has 0 nitrogen and oxygen atoms in total. The number of benzene rings is 4. The molecule has 60 heavy (non-hydrogen) atoms. The molecular formula is C54H74Cl2Si3Zr-4. The van der Waals surface area contributed by atoms with Gasteiger partial charge in [-0.25, -0.2) is 0 Å². The maximum absolute atomic E-state index is 3.06. The van der Waals surface area contributed by atoms with Crippen LogP contribution in [0.4, 0.5) is 0 Å². The topological polar surface area (TPSA) is 0 Å². The van der Waals surface area contributed by atoms with E-state index in [0.717, 1.165) is 0 Å². The third-order valence-corrected chi connectivity index (χ3v) is 17.4. The monoisotopic (exact) mass is 966 g/mol. The molecule has 6 heteroatoms. The first-order chi connectivity index (χ1) is 26.8. The van der Waals surface area contributed by atoms with Gasteiger partial charge in [0, 0.05) is 0 Å². The van der Waals surface area contributed by atoms with Gasteiger partial charge in [-0.1, -0.05) is 161 Å². The van der Waals surface area contributed by atoms with Gasteiger partial charge in [-0.3, -0.25) is 0 Å². The van der Waals surface area contributed by atoms with Gasteiger partial charge < -0.3 is 14.9 Å². The van der Waals surface area contributed by atoms with Crippen LogP contribution in [0.15, 0.2) is 109 Å². The molecule has 0 amide bonds. The van der Waals surface area contributed by atoms with Gasteiger partial charge in [0.05, 0.1) is 16.1 Å². The number of hydrogen-bond donors (Lipinski definition) is 0. The van der Waals surface area contributed by atoms with Gasteiger partial charge >= 0.3 is 30.2 Å². The molecule has 2 aliphatic carbocycles. The average molecular weight is 970 g/mol. The van der Waals surface area contributed by atoms with Crippen molar-refractivity contribution in [3.63, 3.8) is 0 Å². The molecule has 0 unspecified atom stereocenters. The fourth-order valence-corrected chi connectivity index (χ4v) is 12.2. The molecule has 0 N–H and O–H groups in total. The van der Waals surface area contributed by atoms with Crippen molar-refractivity contribution in [2.45, 2.75) is 130 Å². The summed E-state index contributed by atoms with van der Waals surface area (Å²) in [7, 11) is -2.48. The summed E-state index contributed by atoms with van der Waals surface area (Å²) in [5.41, 5.74) is 9.77. The van der Waals surface area contributed by atoms with E-state index in [1.807, 2.05) is 0 Å². The molecule has 0 aliphatic heterocycles. The molecule has 8 rings (SSSR count). The van der Waals surface area contributed by atoms with E-state index in [9.17, 15) is 0 Å². The van der Waals surface area contributed by atoms with E-state index < -0.39 is 16.1 Å². The van der Waals surface area contributed by atoms with Gasteiger partial charge in [0.1, 0.15) is 0 Å². The SMILES string of the molecule is CCCC1(Cc2cc3c(-c4ccc([Si](C)(C)C)cc4)cccc3[cH-]2)CCC1.CCCC1(Cc2cc3c(-c4ccc([Si](C)(C)C)cc4)cccc3[cH-]2)CCC1.Cl.Cl.[CH3-].[CH3-].[Si]=[Zr]. The summed E-state index contributed by atoms with van der Waals surface area (Å²) in [5, 5.41) is 8.74. The van der Waals surface area contributed by atoms with Crippen molar-refractivity contribution in [3.8, 4) is 22.3 Å². The van der Waals surface area contributed by atoms with Gasteiger partial charge in [-0.05, 0) is 73.3 Å². The molecule has 6 aromatic rings. The summed E-state index contributed by atoms with van der Waals surface area (Å²) >= 11 is 1.36. The molecule has 0 saturated heterocycles. The van der Waals surface area contributed by atoms with Gasteiger partial charge in [0.25, 0.3) is 0 Å². The second-order valence-corrected chi connectivity index (χ2v) is 29.7. The van der Waals surface area contributed by atoms with Gasteiger partial charge in [-0.2, -0.15) is 12.1 Å². The molecule has 324 valence electrons. The van der Waals surface area contributed by atoms with Crippen LogP contribution >= 0.6 is 24.8 Å². The molecular weight excluding hydrogens is 895 g/mol. The summed E-state index contributed by atoms with van der Waals surface area (Å²) in [6, 6.07) is 42.2. The standard InChI is InChI=1S/2C26H33Si.2CH3.2ClH.Si.Zr/c2*1-5-14-26(15-7-16-26)19-20-17-22-8-6-9-24(25(22)18-20)21-10-12-23(13-11-21)27(2,3)4;;;;;;/h2*6,8-13,17-18H,5,7,14-16,19H2,1-4H3;2*1H3;2*1H;;/q4*-1;;;;. The molecule has 0 spiro atoms. The van der Waals surface area contributed by atoms with E-state index in [2.05, 4.69) is 169 Å². The molecule has 0 bridgehead atoms. The van der Waals surface area contributed by atoms with Crippen LogP contribution < -0.4 is 10.4 Å². The summed E-state index contributed by atoms with van der Waals surface area (Å²) in [4.78, 5) is 0. The van der Waals surface area contributed by atoms with Crippen LogP contribution in [0.25, 0.3) is 43.8 Å². The zero-order valence-corrected chi connectivity index (χ0v) is 45.8. The summed E-state index contributed by atoms with van der Waals surface area (Å²) in [6.07, 6.45) is 16.5.